The first-order valence-corrected chi connectivity index (χ1v) is 14.6. The minimum absolute atomic E-state index is 0.294. The number of ether oxygens (including phenoxy) is 2. The molecule has 4 aromatic rings. The highest BCUT2D eigenvalue weighted by molar-refractivity contribution is 5.69. The monoisotopic (exact) mass is 589 g/mol. The Morgan fingerprint density at radius 2 is 1.12 bits per heavy atom. The summed E-state index contributed by atoms with van der Waals surface area (Å²) in [5, 5.41) is 9.45. The Morgan fingerprint density at radius 3 is 1.51 bits per heavy atom. The third kappa shape index (κ3) is 11.5. The molecule has 0 amide bonds. The van der Waals surface area contributed by atoms with E-state index in [2.05, 4.69) is 18.7 Å². The smallest absolute Gasteiger partial charge is 0.306 e. The summed E-state index contributed by atoms with van der Waals surface area (Å²) in [5.41, 5.74) is 3.63. The maximum absolute atomic E-state index is 13.3. The fourth-order valence-corrected chi connectivity index (χ4v) is 4.23. The molecule has 1 atom stereocenters. The lowest BCUT2D eigenvalue weighted by Crippen LogP contribution is -2.27. The van der Waals surface area contributed by atoms with Crippen LogP contribution < -0.4 is 9.47 Å². The Morgan fingerprint density at radius 1 is 0.721 bits per heavy atom. The fraction of sp³-hybridized carbons (Fsp3) is 0.306. The molecule has 4 aromatic carbocycles. The number of carboxylic acids is 1. The van der Waals surface area contributed by atoms with Crippen LogP contribution in [0.2, 0.25) is 0 Å². The van der Waals surface area contributed by atoms with Crippen LogP contribution in [0.1, 0.15) is 55.9 Å². The molecule has 0 aliphatic rings. The number of hydrogen-bond donors (Lipinski definition) is 1. The highest BCUT2D eigenvalue weighted by Gasteiger charge is 2.17. The molecule has 0 heterocycles. The van der Waals surface area contributed by atoms with Gasteiger partial charge in [0.15, 0.2) is 0 Å². The molecule has 43 heavy (non-hydrogen) atoms. The zero-order valence-corrected chi connectivity index (χ0v) is 25.1. The van der Waals surface area contributed by atoms with E-state index in [9.17, 15) is 18.7 Å². The van der Waals surface area contributed by atoms with Crippen molar-refractivity contribution < 1.29 is 28.2 Å². The molecule has 0 saturated heterocycles. The van der Waals surface area contributed by atoms with Crippen molar-refractivity contribution in [2.24, 2.45) is 5.92 Å². The van der Waals surface area contributed by atoms with Crippen LogP contribution in [0, 0.1) is 17.6 Å². The van der Waals surface area contributed by atoms with Crippen molar-refractivity contribution in [2.45, 2.75) is 59.9 Å². The van der Waals surface area contributed by atoms with Crippen molar-refractivity contribution in [3.8, 4) is 11.5 Å². The van der Waals surface area contributed by atoms with E-state index in [1.807, 2.05) is 48.5 Å². The lowest BCUT2D eigenvalue weighted by atomic mass is 10.1. The Balaban J connectivity index is 0.00000162. The summed E-state index contributed by atoms with van der Waals surface area (Å²) < 4.78 is 38.8. The topological polar surface area (TPSA) is 59.0 Å². The fourth-order valence-electron chi connectivity index (χ4n) is 4.23. The predicted octanol–water partition coefficient (Wildman–Crippen LogP) is 8.65. The first-order chi connectivity index (χ1) is 20.8. The van der Waals surface area contributed by atoms with Crippen LogP contribution in [0.15, 0.2) is 97.1 Å². The number of rotatable bonds is 14. The quantitative estimate of drug-likeness (QED) is 0.160. The van der Waals surface area contributed by atoms with Gasteiger partial charge in [-0.2, -0.15) is 0 Å². The van der Waals surface area contributed by atoms with E-state index in [0.717, 1.165) is 22.3 Å². The SMILES string of the molecule is CC(CCN(Cc1ccccc1OCc1ccc(F)cc1)Cc1ccccc1OCc1ccc(F)cc1)C(=O)O.CCC. The number of para-hydroxylation sites is 2. The van der Waals surface area contributed by atoms with Gasteiger partial charge in [0.1, 0.15) is 36.3 Å². The van der Waals surface area contributed by atoms with E-state index in [1.54, 1.807) is 31.2 Å². The Kier molecular flexibility index (Phi) is 13.7. The second kappa shape index (κ2) is 17.7. The molecule has 1 unspecified atom stereocenters. The van der Waals surface area contributed by atoms with Crippen LogP contribution in [0.5, 0.6) is 11.5 Å². The van der Waals surface area contributed by atoms with Crippen molar-refractivity contribution in [3.05, 3.63) is 131 Å². The number of benzene rings is 4. The summed E-state index contributed by atoms with van der Waals surface area (Å²) >= 11 is 0. The van der Waals surface area contributed by atoms with Gasteiger partial charge in [0.25, 0.3) is 0 Å². The molecule has 0 aliphatic heterocycles. The summed E-state index contributed by atoms with van der Waals surface area (Å²) in [6, 6.07) is 27.9. The van der Waals surface area contributed by atoms with Gasteiger partial charge in [-0.1, -0.05) is 87.9 Å². The maximum Gasteiger partial charge on any atom is 0.306 e. The van der Waals surface area contributed by atoms with Crippen molar-refractivity contribution in [3.63, 3.8) is 0 Å². The highest BCUT2D eigenvalue weighted by atomic mass is 19.1. The van der Waals surface area contributed by atoms with Gasteiger partial charge in [0.2, 0.25) is 0 Å². The summed E-state index contributed by atoms with van der Waals surface area (Å²) in [6.07, 6.45) is 1.73. The zero-order chi connectivity index (χ0) is 31.0. The first kappa shape index (κ1) is 33.3. The van der Waals surface area contributed by atoms with Gasteiger partial charge in [-0.3, -0.25) is 9.69 Å². The molecule has 0 bridgehead atoms. The third-order valence-electron chi connectivity index (χ3n) is 6.65. The van der Waals surface area contributed by atoms with Crippen LogP contribution in [-0.4, -0.2) is 22.5 Å². The number of hydrogen-bond acceptors (Lipinski definition) is 4. The van der Waals surface area contributed by atoms with Crippen LogP contribution in [0.4, 0.5) is 8.78 Å². The van der Waals surface area contributed by atoms with Crippen LogP contribution in [-0.2, 0) is 31.1 Å². The first-order valence-electron chi connectivity index (χ1n) is 14.6. The van der Waals surface area contributed by atoms with Crippen molar-refractivity contribution in [2.75, 3.05) is 6.54 Å². The van der Waals surface area contributed by atoms with Gasteiger partial charge in [-0.05, 0) is 60.5 Å². The summed E-state index contributed by atoms with van der Waals surface area (Å²) in [5.74, 6) is -0.481. The number of halogens is 2. The Labute approximate surface area is 253 Å². The number of carbonyl (C=O) groups is 1. The largest absolute Gasteiger partial charge is 0.489 e. The van der Waals surface area contributed by atoms with Crippen molar-refractivity contribution in [1.29, 1.82) is 0 Å². The summed E-state index contributed by atoms with van der Waals surface area (Å²) in [4.78, 5) is 13.7. The van der Waals surface area contributed by atoms with E-state index in [-0.39, 0.29) is 11.6 Å². The van der Waals surface area contributed by atoms with E-state index in [4.69, 9.17) is 9.47 Å². The minimum atomic E-state index is -0.828. The number of carboxylic acid groups (broad SMARTS) is 1. The molecule has 0 saturated carbocycles. The second-order valence-corrected chi connectivity index (χ2v) is 10.5. The van der Waals surface area contributed by atoms with Crippen LogP contribution >= 0.6 is 0 Å². The molecular formula is C36H41F2NO4. The standard InChI is InChI=1S/C33H33F2NO4.C3H8/c1-24(33(37)38)18-19-36(20-27-6-2-4-8-31(27)39-22-25-10-14-29(34)15-11-25)21-28-7-3-5-9-32(28)40-23-26-12-16-30(35)17-13-26;1-3-2/h2-17,24H,18-23H2,1H3,(H,37,38);3H2,1-2H3. The molecule has 0 fully saturated rings. The predicted molar refractivity (Wildman–Crippen MR) is 166 cm³/mol. The molecule has 7 heteroatoms. The molecule has 4 rings (SSSR count). The van der Waals surface area contributed by atoms with E-state index in [1.165, 1.54) is 30.7 Å². The van der Waals surface area contributed by atoms with Crippen molar-refractivity contribution >= 4 is 5.97 Å². The summed E-state index contributed by atoms with van der Waals surface area (Å²) in [7, 11) is 0. The molecule has 5 nitrogen and oxygen atoms in total. The lowest BCUT2D eigenvalue weighted by molar-refractivity contribution is -0.141. The zero-order valence-electron chi connectivity index (χ0n) is 25.1. The molecule has 0 spiro atoms. The molecule has 0 aliphatic carbocycles. The lowest BCUT2D eigenvalue weighted by Gasteiger charge is -2.25. The average molecular weight is 590 g/mol. The van der Waals surface area contributed by atoms with Gasteiger partial charge in [0, 0.05) is 24.2 Å². The van der Waals surface area contributed by atoms with Gasteiger partial charge in [-0.25, -0.2) is 8.78 Å². The van der Waals surface area contributed by atoms with Crippen molar-refractivity contribution in [1.82, 2.24) is 4.90 Å². The van der Waals surface area contributed by atoms with Gasteiger partial charge in [-0.15, -0.1) is 0 Å². The molecule has 0 aromatic heterocycles. The number of nitrogens with zero attached hydrogens (tertiary/aromatic N) is 1. The Hall–Kier alpha value is -4.23. The normalized spacial score (nSPS) is 11.4. The maximum atomic E-state index is 13.3. The molecular weight excluding hydrogens is 548 g/mol. The molecule has 228 valence electrons. The van der Waals surface area contributed by atoms with Gasteiger partial charge in [0.05, 0.1) is 5.92 Å². The highest BCUT2D eigenvalue weighted by Crippen LogP contribution is 2.26. The van der Waals surface area contributed by atoms with Gasteiger partial charge >= 0.3 is 5.97 Å². The molecule has 0 radical (unpaired) electrons. The van der Waals surface area contributed by atoms with E-state index >= 15 is 0 Å². The summed E-state index contributed by atoms with van der Waals surface area (Å²) in [6.45, 7) is 8.16. The van der Waals surface area contributed by atoms with Crippen LogP contribution in [0.3, 0.4) is 0 Å². The minimum Gasteiger partial charge on any atom is -0.489 e. The van der Waals surface area contributed by atoms with E-state index in [0.29, 0.717) is 50.8 Å². The average Bonchev–Trinajstić information content (AvgIpc) is 3.00. The molecule has 1 N–H and O–H groups in total. The van der Waals surface area contributed by atoms with Gasteiger partial charge < -0.3 is 14.6 Å². The second-order valence-electron chi connectivity index (χ2n) is 10.5. The third-order valence-corrected chi connectivity index (χ3v) is 6.65. The van der Waals surface area contributed by atoms with E-state index < -0.39 is 11.9 Å². The Bertz CT molecular complexity index is 1300. The van der Waals surface area contributed by atoms with Crippen LogP contribution in [0.25, 0.3) is 0 Å². The number of aliphatic carboxylic acids is 1.